The molecule has 86 valence electrons. The maximum atomic E-state index is 11.2. The summed E-state index contributed by atoms with van der Waals surface area (Å²) in [6, 6.07) is 7.44. The third-order valence-corrected chi connectivity index (χ3v) is 2.42. The van der Waals surface area contributed by atoms with Crippen LogP contribution in [-0.4, -0.2) is 20.6 Å². The molecule has 1 aromatic heterocycles. The maximum absolute atomic E-state index is 11.2. The van der Waals surface area contributed by atoms with Crippen molar-refractivity contribution in [3.63, 3.8) is 0 Å². The molecule has 0 aliphatic heterocycles. The monoisotopic (exact) mass is 230 g/mol. The summed E-state index contributed by atoms with van der Waals surface area (Å²) in [4.78, 5) is 25.6. The number of carboxylic acids is 1. The molecule has 5 nitrogen and oxygen atoms in total. The predicted octanol–water partition coefficient (Wildman–Crippen LogP) is 1.24. The zero-order valence-electron chi connectivity index (χ0n) is 9.12. The highest BCUT2D eigenvalue weighted by molar-refractivity contribution is 5.86. The Morgan fingerprint density at radius 3 is 2.71 bits per heavy atom. The van der Waals surface area contributed by atoms with Gasteiger partial charge in [0.2, 0.25) is 0 Å². The summed E-state index contributed by atoms with van der Waals surface area (Å²) in [5.41, 5.74) is 0.690. The number of nitrogens with zero attached hydrogens (tertiary/aromatic N) is 2. The topological polar surface area (TPSA) is 72.2 Å². The Morgan fingerprint density at radius 1 is 1.35 bits per heavy atom. The Labute approximate surface area is 97.0 Å². The first-order chi connectivity index (χ1) is 8.09. The smallest absolute Gasteiger partial charge is 0.342 e. The number of carbonyl (C=O) groups is 1. The van der Waals surface area contributed by atoms with Crippen molar-refractivity contribution in [1.82, 2.24) is 9.55 Å². The van der Waals surface area contributed by atoms with E-state index in [1.54, 1.807) is 0 Å². The van der Waals surface area contributed by atoms with E-state index in [2.05, 4.69) is 4.98 Å². The summed E-state index contributed by atoms with van der Waals surface area (Å²) < 4.78 is 1.53. The molecule has 1 aromatic carbocycles. The molecule has 2 rings (SSSR count). The molecule has 2 aromatic rings. The van der Waals surface area contributed by atoms with Gasteiger partial charge in [0.15, 0.2) is 0 Å². The predicted molar refractivity (Wildman–Crippen MR) is 61.5 cm³/mol. The largest absolute Gasteiger partial charge is 0.477 e. The van der Waals surface area contributed by atoms with Crippen LogP contribution in [0.1, 0.15) is 15.9 Å². The average Bonchev–Trinajstić information content (AvgIpc) is 2.30. The SMILES string of the molecule is Cc1ccccc1-n1cnc(=O)c(C(=O)O)c1. The standard InChI is InChI=1S/C12H10N2O3/c1-8-4-2-3-5-10(8)14-6-9(12(16)17)11(15)13-7-14/h2-7H,1H3,(H,16,17). The molecule has 1 N–H and O–H groups in total. The van der Waals surface area contributed by atoms with Crippen LogP contribution < -0.4 is 5.56 Å². The molecule has 17 heavy (non-hydrogen) atoms. The van der Waals surface area contributed by atoms with Crippen molar-refractivity contribution >= 4 is 5.97 Å². The lowest BCUT2D eigenvalue weighted by Gasteiger charge is -2.09. The number of rotatable bonds is 2. The quantitative estimate of drug-likeness (QED) is 0.842. The van der Waals surface area contributed by atoms with Crippen molar-refractivity contribution in [2.24, 2.45) is 0 Å². The fourth-order valence-corrected chi connectivity index (χ4v) is 1.54. The Kier molecular flexibility index (Phi) is 2.74. The third kappa shape index (κ3) is 2.08. The first-order valence-electron chi connectivity index (χ1n) is 4.97. The lowest BCUT2D eigenvalue weighted by Crippen LogP contribution is -2.19. The molecule has 0 spiro atoms. The lowest BCUT2D eigenvalue weighted by atomic mass is 10.2. The normalized spacial score (nSPS) is 10.2. The van der Waals surface area contributed by atoms with Gasteiger partial charge in [0.1, 0.15) is 11.9 Å². The van der Waals surface area contributed by atoms with E-state index < -0.39 is 11.5 Å². The highest BCUT2D eigenvalue weighted by Crippen LogP contribution is 2.12. The van der Waals surface area contributed by atoms with Crippen molar-refractivity contribution in [1.29, 1.82) is 0 Å². The van der Waals surface area contributed by atoms with Crippen LogP contribution >= 0.6 is 0 Å². The van der Waals surface area contributed by atoms with Gasteiger partial charge in [0.25, 0.3) is 5.56 Å². The van der Waals surface area contributed by atoms with Crippen LogP contribution in [0, 0.1) is 6.92 Å². The van der Waals surface area contributed by atoms with Crippen LogP contribution in [0.2, 0.25) is 0 Å². The molecule has 0 saturated carbocycles. The van der Waals surface area contributed by atoms with E-state index in [1.807, 2.05) is 31.2 Å². The van der Waals surface area contributed by atoms with Gasteiger partial charge in [-0.1, -0.05) is 18.2 Å². The summed E-state index contributed by atoms with van der Waals surface area (Å²) in [6.07, 6.45) is 2.59. The highest BCUT2D eigenvalue weighted by Gasteiger charge is 2.10. The molecule has 0 saturated heterocycles. The van der Waals surface area contributed by atoms with E-state index in [-0.39, 0.29) is 5.56 Å². The number of carboxylic acid groups (broad SMARTS) is 1. The van der Waals surface area contributed by atoms with Crippen LogP contribution in [-0.2, 0) is 0 Å². The van der Waals surface area contributed by atoms with Gasteiger partial charge < -0.3 is 9.67 Å². The van der Waals surface area contributed by atoms with E-state index in [9.17, 15) is 9.59 Å². The maximum Gasteiger partial charge on any atom is 0.342 e. The molecule has 0 fully saturated rings. The van der Waals surface area contributed by atoms with Crippen LogP contribution in [0.4, 0.5) is 0 Å². The minimum atomic E-state index is -1.27. The van der Waals surface area contributed by atoms with Gasteiger partial charge in [0.05, 0.1) is 0 Å². The Bertz CT molecular complexity index is 632. The average molecular weight is 230 g/mol. The minimum Gasteiger partial charge on any atom is -0.477 e. The van der Waals surface area contributed by atoms with E-state index in [1.165, 1.54) is 17.1 Å². The second-order valence-electron chi connectivity index (χ2n) is 3.59. The van der Waals surface area contributed by atoms with Crippen molar-refractivity contribution in [2.75, 3.05) is 0 Å². The van der Waals surface area contributed by atoms with E-state index in [0.29, 0.717) is 0 Å². The van der Waals surface area contributed by atoms with Gasteiger partial charge in [0, 0.05) is 11.9 Å². The van der Waals surface area contributed by atoms with Gasteiger partial charge in [-0.2, -0.15) is 4.98 Å². The van der Waals surface area contributed by atoms with Crippen molar-refractivity contribution in [2.45, 2.75) is 6.92 Å². The highest BCUT2D eigenvalue weighted by atomic mass is 16.4. The molecule has 1 heterocycles. The zero-order chi connectivity index (χ0) is 12.4. The summed E-state index contributed by atoms with van der Waals surface area (Å²) >= 11 is 0. The van der Waals surface area contributed by atoms with Gasteiger partial charge >= 0.3 is 5.97 Å². The minimum absolute atomic E-state index is 0.337. The van der Waals surface area contributed by atoms with E-state index in [4.69, 9.17) is 5.11 Å². The van der Waals surface area contributed by atoms with Gasteiger partial charge in [-0.05, 0) is 18.6 Å². The van der Waals surface area contributed by atoms with Crippen LogP contribution in [0.15, 0.2) is 41.6 Å². The van der Waals surface area contributed by atoms with Crippen molar-refractivity contribution in [3.8, 4) is 5.69 Å². The fraction of sp³-hybridized carbons (Fsp3) is 0.0833. The summed E-state index contributed by atoms with van der Waals surface area (Å²) in [6.45, 7) is 1.90. The summed E-state index contributed by atoms with van der Waals surface area (Å²) in [5, 5.41) is 8.85. The Hall–Kier alpha value is -2.43. The first-order valence-corrected chi connectivity index (χ1v) is 4.97. The first kappa shape index (κ1) is 11.1. The lowest BCUT2D eigenvalue weighted by molar-refractivity contribution is 0.0694. The summed E-state index contributed by atoms with van der Waals surface area (Å²) in [7, 11) is 0. The molecule has 0 aliphatic carbocycles. The number of aryl methyl sites for hydroxylation is 1. The molecule has 0 atom stereocenters. The molecule has 0 bridgehead atoms. The number of para-hydroxylation sites is 1. The molecule has 0 unspecified atom stereocenters. The molecule has 0 amide bonds. The molecular formula is C12H10N2O3. The van der Waals surface area contributed by atoms with E-state index in [0.717, 1.165) is 11.3 Å². The second-order valence-corrected chi connectivity index (χ2v) is 3.59. The van der Waals surface area contributed by atoms with Gasteiger partial charge in [-0.3, -0.25) is 4.79 Å². The number of aromatic carboxylic acids is 1. The summed E-state index contributed by atoms with van der Waals surface area (Å²) in [5.74, 6) is -1.27. The molecule has 5 heteroatoms. The Morgan fingerprint density at radius 2 is 2.06 bits per heavy atom. The zero-order valence-corrected chi connectivity index (χ0v) is 9.12. The van der Waals surface area contributed by atoms with Crippen molar-refractivity contribution < 1.29 is 9.90 Å². The van der Waals surface area contributed by atoms with Crippen molar-refractivity contribution in [3.05, 3.63) is 58.3 Å². The van der Waals surface area contributed by atoms with Crippen LogP contribution in [0.5, 0.6) is 0 Å². The number of benzene rings is 1. The molecular weight excluding hydrogens is 220 g/mol. The molecule has 0 radical (unpaired) electrons. The molecule has 0 aliphatic rings. The third-order valence-electron chi connectivity index (χ3n) is 2.42. The fourth-order valence-electron chi connectivity index (χ4n) is 1.54. The number of hydrogen-bond donors (Lipinski definition) is 1. The van der Waals surface area contributed by atoms with Gasteiger partial charge in [-0.15, -0.1) is 0 Å². The Balaban J connectivity index is 2.62. The second kappa shape index (κ2) is 4.21. The van der Waals surface area contributed by atoms with Gasteiger partial charge in [-0.25, -0.2) is 4.79 Å². The number of hydrogen-bond acceptors (Lipinski definition) is 3. The number of aromatic nitrogens is 2. The van der Waals surface area contributed by atoms with Crippen LogP contribution in [0.25, 0.3) is 5.69 Å². The van der Waals surface area contributed by atoms with E-state index >= 15 is 0 Å². The van der Waals surface area contributed by atoms with Crippen LogP contribution in [0.3, 0.4) is 0 Å².